The van der Waals surface area contributed by atoms with Crippen LogP contribution in [0.15, 0.2) is 12.3 Å². The molecule has 0 aliphatic carbocycles. The summed E-state index contributed by atoms with van der Waals surface area (Å²) in [5.74, 6) is 1.12. The summed E-state index contributed by atoms with van der Waals surface area (Å²) in [5, 5.41) is 0. The number of nitrogens with zero attached hydrogens (tertiary/aromatic N) is 2. The van der Waals surface area contributed by atoms with Crippen molar-refractivity contribution in [2.45, 2.75) is 19.3 Å². The number of nitrogens with two attached hydrogens (primary N) is 1. The van der Waals surface area contributed by atoms with Crippen LogP contribution in [0.4, 0.5) is 5.69 Å². The first-order valence-electron chi connectivity index (χ1n) is 6.44. The molecule has 5 heteroatoms. The van der Waals surface area contributed by atoms with Gasteiger partial charge in [0.05, 0.1) is 25.6 Å². The second-order valence-electron chi connectivity index (χ2n) is 4.53. The SMILES string of the molecule is COc1ncc(N)cc1OCCCN1CCCC1. The number of anilines is 1. The third-order valence-electron chi connectivity index (χ3n) is 3.11. The number of aromatic nitrogens is 1. The van der Waals surface area contributed by atoms with Gasteiger partial charge < -0.3 is 20.1 Å². The van der Waals surface area contributed by atoms with E-state index in [0.29, 0.717) is 23.9 Å². The molecular weight excluding hydrogens is 230 g/mol. The highest BCUT2D eigenvalue weighted by Gasteiger charge is 2.11. The Balaban J connectivity index is 1.76. The van der Waals surface area contributed by atoms with E-state index in [1.54, 1.807) is 19.4 Å². The second kappa shape index (κ2) is 6.44. The molecule has 100 valence electrons. The molecule has 0 radical (unpaired) electrons. The summed E-state index contributed by atoms with van der Waals surface area (Å²) in [6, 6.07) is 1.75. The quantitative estimate of drug-likeness (QED) is 0.777. The number of rotatable bonds is 6. The normalized spacial score (nSPS) is 15.8. The summed E-state index contributed by atoms with van der Waals surface area (Å²) in [4.78, 5) is 6.54. The van der Waals surface area contributed by atoms with Crippen LogP contribution in [0.3, 0.4) is 0 Å². The lowest BCUT2D eigenvalue weighted by atomic mass is 10.4. The van der Waals surface area contributed by atoms with Crippen molar-refractivity contribution in [3.63, 3.8) is 0 Å². The lowest BCUT2D eigenvalue weighted by molar-refractivity contribution is 0.252. The van der Waals surface area contributed by atoms with Crippen LogP contribution in [0, 0.1) is 0 Å². The zero-order valence-corrected chi connectivity index (χ0v) is 10.9. The minimum atomic E-state index is 0.491. The van der Waals surface area contributed by atoms with E-state index in [9.17, 15) is 0 Å². The van der Waals surface area contributed by atoms with Crippen molar-refractivity contribution in [2.24, 2.45) is 0 Å². The Hall–Kier alpha value is -1.49. The number of pyridine rings is 1. The largest absolute Gasteiger partial charge is 0.488 e. The molecule has 0 amide bonds. The minimum absolute atomic E-state index is 0.491. The monoisotopic (exact) mass is 251 g/mol. The maximum absolute atomic E-state index is 5.68. The van der Waals surface area contributed by atoms with Crippen LogP contribution in [0.5, 0.6) is 11.6 Å². The van der Waals surface area contributed by atoms with Gasteiger partial charge in [-0.25, -0.2) is 4.98 Å². The van der Waals surface area contributed by atoms with Gasteiger partial charge in [-0.2, -0.15) is 0 Å². The van der Waals surface area contributed by atoms with Gasteiger partial charge in [-0.1, -0.05) is 0 Å². The lowest BCUT2D eigenvalue weighted by Crippen LogP contribution is -2.22. The molecule has 1 fully saturated rings. The molecule has 0 spiro atoms. The minimum Gasteiger partial charge on any atom is -0.488 e. The first kappa shape index (κ1) is 13.0. The number of hydrogen-bond acceptors (Lipinski definition) is 5. The third-order valence-corrected chi connectivity index (χ3v) is 3.11. The van der Waals surface area contributed by atoms with Gasteiger partial charge in [0.2, 0.25) is 0 Å². The predicted molar refractivity (Wildman–Crippen MR) is 71.0 cm³/mol. The molecule has 1 saturated heterocycles. The van der Waals surface area contributed by atoms with E-state index < -0.39 is 0 Å². The van der Waals surface area contributed by atoms with Gasteiger partial charge in [0.25, 0.3) is 5.88 Å². The van der Waals surface area contributed by atoms with Gasteiger partial charge in [0.1, 0.15) is 0 Å². The highest BCUT2D eigenvalue weighted by Crippen LogP contribution is 2.26. The average Bonchev–Trinajstić information content (AvgIpc) is 2.88. The van der Waals surface area contributed by atoms with Crippen molar-refractivity contribution in [3.05, 3.63) is 12.3 Å². The summed E-state index contributed by atoms with van der Waals surface area (Å²) in [6.45, 7) is 4.21. The Morgan fingerprint density at radius 1 is 1.39 bits per heavy atom. The van der Waals surface area contributed by atoms with Crippen molar-refractivity contribution >= 4 is 5.69 Å². The molecule has 1 aliphatic heterocycles. The van der Waals surface area contributed by atoms with Gasteiger partial charge in [-0.05, 0) is 32.4 Å². The summed E-state index contributed by atoms with van der Waals surface area (Å²) in [7, 11) is 1.58. The van der Waals surface area contributed by atoms with Crippen LogP contribution in [0.25, 0.3) is 0 Å². The van der Waals surface area contributed by atoms with Crippen LogP contribution in [0.1, 0.15) is 19.3 Å². The van der Waals surface area contributed by atoms with Gasteiger partial charge >= 0.3 is 0 Å². The van der Waals surface area contributed by atoms with E-state index in [1.807, 2.05) is 0 Å². The van der Waals surface area contributed by atoms with Gasteiger partial charge in [0, 0.05) is 12.6 Å². The first-order chi connectivity index (χ1) is 8.79. The molecule has 0 unspecified atom stereocenters. The van der Waals surface area contributed by atoms with E-state index in [4.69, 9.17) is 15.2 Å². The van der Waals surface area contributed by atoms with Crippen molar-refractivity contribution < 1.29 is 9.47 Å². The fourth-order valence-corrected chi connectivity index (χ4v) is 2.18. The van der Waals surface area contributed by atoms with Crippen molar-refractivity contribution in [1.29, 1.82) is 0 Å². The van der Waals surface area contributed by atoms with E-state index in [1.165, 1.54) is 25.9 Å². The molecule has 0 aromatic carbocycles. The van der Waals surface area contributed by atoms with Gasteiger partial charge in [-0.15, -0.1) is 0 Å². The summed E-state index contributed by atoms with van der Waals surface area (Å²) in [6.07, 6.45) is 5.23. The molecule has 5 nitrogen and oxygen atoms in total. The molecule has 1 aliphatic rings. The highest BCUT2D eigenvalue weighted by molar-refractivity contribution is 5.46. The molecule has 2 N–H and O–H groups in total. The van der Waals surface area contributed by atoms with E-state index in [0.717, 1.165) is 13.0 Å². The standard InChI is InChI=1S/C13H21N3O2/c1-17-13-12(9-11(14)10-15-13)18-8-4-7-16-5-2-3-6-16/h9-10H,2-8,14H2,1H3. The lowest BCUT2D eigenvalue weighted by Gasteiger charge is -2.15. The summed E-state index contributed by atoms with van der Waals surface area (Å²) < 4.78 is 10.8. The maximum atomic E-state index is 5.68. The third kappa shape index (κ3) is 3.50. The number of likely N-dealkylation sites (tertiary alicyclic amines) is 1. The highest BCUT2D eigenvalue weighted by atomic mass is 16.5. The van der Waals surface area contributed by atoms with Crippen LogP contribution < -0.4 is 15.2 Å². The molecule has 2 rings (SSSR count). The Kier molecular flexibility index (Phi) is 4.64. The van der Waals surface area contributed by atoms with Crippen molar-refractivity contribution in [3.8, 4) is 11.6 Å². The van der Waals surface area contributed by atoms with E-state index in [2.05, 4.69) is 9.88 Å². The maximum Gasteiger partial charge on any atom is 0.256 e. The Morgan fingerprint density at radius 2 is 2.17 bits per heavy atom. The molecule has 2 heterocycles. The number of methoxy groups -OCH3 is 1. The van der Waals surface area contributed by atoms with E-state index in [-0.39, 0.29) is 0 Å². The number of nitrogen functional groups attached to an aromatic ring is 1. The fraction of sp³-hybridized carbons (Fsp3) is 0.615. The summed E-state index contributed by atoms with van der Waals surface area (Å²) >= 11 is 0. The molecule has 1 aromatic rings. The zero-order valence-electron chi connectivity index (χ0n) is 10.9. The molecule has 1 aromatic heterocycles. The van der Waals surface area contributed by atoms with Crippen molar-refractivity contribution in [2.75, 3.05) is 39.1 Å². The molecular formula is C13H21N3O2. The average molecular weight is 251 g/mol. The van der Waals surface area contributed by atoms with Crippen LogP contribution in [-0.4, -0.2) is 43.2 Å². The Bertz CT molecular complexity index is 378. The van der Waals surface area contributed by atoms with E-state index >= 15 is 0 Å². The molecule has 0 bridgehead atoms. The predicted octanol–water partition coefficient (Wildman–Crippen LogP) is 1.54. The van der Waals surface area contributed by atoms with Gasteiger partial charge in [0.15, 0.2) is 5.75 Å². The van der Waals surface area contributed by atoms with Crippen LogP contribution in [0.2, 0.25) is 0 Å². The number of hydrogen-bond donors (Lipinski definition) is 1. The fourth-order valence-electron chi connectivity index (χ4n) is 2.18. The van der Waals surface area contributed by atoms with Gasteiger partial charge in [-0.3, -0.25) is 0 Å². The second-order valence-corrected chi connectivity index (χ2v) is 4.53. The molecule has 18 heavy (non-hydrogen) atoms. The smallest absolute Gasteiger partial charge is 0.256 e. The van der Waals surface area contributed by atoms with Crippen molar-refractivity contribution in [1.82, 2.24) is 9.88 Å². The molecule has 0 atom stereocenters. The van der Waals surface area contributed by atoms with Crippen LogP contribution in [-0.2, 0) is 0 Å². The Morgan fingerprint density at radius 3 is 2.89 bits per heavy atom. The topological polar surface area (TPSA) is 60.6 Å². The first-order valence-corrected chi connectivity index (χ1v) is 6.44. The van der Waals surface area contributed by atoms with Crippen LogP contribution >= 0.6 is 0 Å². The number of ether oxygens (including phenoxy) is 2. The zero-order chi connectivity index (χ0) is 12.8. The summed E-state index contributed by atoms with van der Waals surface area (Å²) in [5.41, 5.74) is 6.27. The Labute approximate surface area is 108 Å². The molecule has 0 saturated carbocycles.